The van der Waals surface area contributed by atoms with Crippen molar-refractivity contribution >= 4 is 17.8 Å². The van der Waals surface area contributed by atoms with Crippen LogP contribution in [-0.2, 0) is 0 Å². The van der Waals surface area contributed by atoms with Gasteiger partial charge in [-0.2, -0.15) is 0 Å². The van der Waals surface area contributed by atoms with Gasteiger partial charge in [0, 0.05) is 4.90 Å². The van der Waals surface area contributed by atoms with Gasteiger partial charge in [0.25, 0.3) is 0 Å². The molecule has 1 heteroatoms. The van der Waals surface area contributed by atoms with Crippen molar-refractivity contribution in [2.75, 3.05) is 0 Å². The third-order valence-corrected chi connectivity index (χ3v) is 4.25. The monoisotopic (exact) mass is 280 g/mol. The minimum atomic E-state index is 0.528. The second kappa shape index (κ2) is 7.76. The second-order valence-electron chi connectivity index (χ2n) is 4.91. The van der Waals surface area contributed by atoms with Crippen molar-refractivity contribution < 1.29 is 0 Å². The van der Waals surface area contributed by atoms with E-state index in [4.69, 9.17) is 0 Å². The minimum absolute atomic E-state index is 0.528. The summed E-state index contributed by atoms with van der Waals surface area (Å²) in [5, 5.41) is 0. The first-order valence-electron chi connectivity index (χ1n) is 6.92. The summed E-state index contributed by atoms with van der Waals surface area (Å²) in [6, 6.07) is 20.9. The molecule has 0 spiro atoms. The predicted octanol–water partition coefficient (Wildman–Crippen LogP) is 6.03. The van der Waals surface area contributed by atoms with Crippen molar-refractivity contribution in [1.29, 1.82) is 0 Å². The van der Waals surface area contributed by atoms with Gasteiger partial charge in [0.1, 0.15) is 0 Å². The largest absolute Gasteiger partial charge is 0.0943 e. The van der Waals surface area contributed by atoms with Gasteiger partial charge in [0.05, 0.1) is 0 Å². The zero-order chi connectivity index (χ0) is 14.2. The first-order chi connectivity index (χ1) is 9.75. The zero-order valence-electron chi connectivity index (χ0n) is 12.0. The van der Waals surface area contributed by atoms with Crippen LogP contribution < -0.4 is 0 Å². The number of hydrogen-bond donors (Lipinski definition) is 0. The van der Waals surface area contributed by atoms with Crippen LogP contribution in [0.4, 0.5) is 0 Å². The molecule has 0 saturated carbocycles. The summed E-state index contributed by atoms with van der Waals surface area (Å²) < 4.78 is 0. The van der Waals surface area contributed by atoms with Crippen LogP contribution in [0.2, 0.25) is 0 Å². The molecule has 102 valence electrons. The lowest BCUT2D eigenvalue weighted by Gasteiger charge is -2.10. The molecular formula is C19H20S. The van der Waals surface area contributed by atoms with E-state index in [9.17, 15) is 0 Å². The number of benzene rings is 2. The summed E-state index contributed by atoms with van der Waals surface area (Å²) in [6.45, 7) is 4.47. The smallest absolute Gasteiger partial charge is 0.0119 e. The quantitative estimate of drug-likeness (QED) is 0.476. The van der Waals surface area contributed by atoms with E-state index in [1.807, 2.05) is 17.8 Å². The second-order valence-corrected chi connectivity index (χ2v) is 6.06. The Kier molecular flexibility index (Phi) is 5.69. The molecule has 0 unspecified atom stereocenters. The standard InChI is InChI=1S/C19H20S/c1-16(2)19(20-18-13-7-4-8-14-18)15-9-12-17-10-5-3-6-11-17/h3-16H,1-2H3. The summed E-state index contributed by atoms with van der Waals surface area (Å²) in [7, 11) is 0. The Labute approximate surface area is 126 Å². The van der Waals surface area contributed by atoms with E-state index >= 15 is 0 Å². The Morgan fingerprint density at radius 3 is 2.10 bits per heavy atom. The SMILES string of the molecule is CC(C)C(=CC=Cc1ccccc1)Sc1ccccc1. The molecule has 0 fully saturated rings. The molecule has 0 aliphatic heterocycles. The van der Waals surface area contributed by atoms with Crippen LogP contribution in [0.25, 0.3) is 6.08 Å². The van der Waals surface area contributed by atoms with Crippen molar-refractivity contribution in [2.24, 2.45) is 5.92 Å². The predicted molar refractivity (Wildman–Crippen MR) is 90.7 cm³/mol. The fourth-order valence-corrected chi connectivity index (χ4v) is 2.73. The number of rotatable bonds is 5. The van der Waals surface area contributed by atoms with Gasteiger partial charge in [-0.25, -0.2) is 0 Å². The molecule has 0 bridgehead atoms. The van der Waals surface area contributed by atoms with Gasteiger partial charge in [0.15, 0.2) is 0 Å². The molecule has 0 aromatic heterocycles. The Bertz CT molecular complexity index is 565. The lowest BCUT2D eigenvalue weighted by atomic mass is 10.2. The highest BCUT2D eigenvalue weighted by Crippen LogP contribution is 2.31. The number of allylic oxidation sites excluding steroid dienone is 3. The molecule has 20 heavy (non-hydrogen) atoms. The maximum absolute atomic E-state index is 2.23. The first kappa shape index (κ1) is 14.7. The van der Waals surface area contributed by atoms with E-state index in [2.05, 4.69) is 86.7 Å². The molecule has 0 radical (unpaired) electrons. The van der Waals surface area contributed by atoms with E-state index in [-0.39, 0.29) is 0 Å². The van der Waals surface area contributed by atoms with Crippen LogP contribution in [-0.4, -0.2) is 0 Å². The molecule has 0 nitrogen and oxygen atoms in total. The van der Waals surface area contributed by atoms with Crippen LogP contribution >= 0.6 is 11.8 Å². The maximum Gasteiger partial charge on any atom is 0.0119 e. The minimum Gasteiger partial charge on any atom is -0.0943 e. The summed E-state index contributed by atoms with van der Waals surface area (Å²) in [5.74, 6) is 0.528. The van der Waals surface area contributed by atoms with E-state index in [1.165, 1.54) is 15.4 Å². The van der Waals surface area contributed by atoms with E-state index in [1.54, 1.807) is 0 Å². The molecule has 0 amide bonds. The highest BCUT2D eigenvalue weighted by atomic mass is 32.2. The third kappa shape index (κ3) is 4.75. The average Bonchev–Trinajstić information content (AvgIpc) is 2.48. The molecule has 2 rings (SSSR count). The summed E-state index contributed by atoms with van der Waals surface area (Å²) in [6.07, 6.45) is 6.50. The fourth-order valence-electron chi connectivity index (χ4n) is 1.79. The number of hydrogen-bond acceptors (Lipinski definition) is 1. The first-order valence-corrected chi connectivity index (χ1v) is 7.73. The fraction of sp³-hybridized carbons (Fsp3) is 0.158. The lowest BCUT2D eigenvalue weighted by Crippen LogP contribution is -1.88. The van der Waals surface area contributed by atoms with E-state index in [0.717, 1.165) is 0 Å². The van der Waals surface area contributed by atoms with Gasteiger partial charge >= 0.3 is 0 Å². The maximum atomic E-state index is 2.23. The summed E-state index contributed by atoms with van der Waals surface area (Å²) in [5.41, 5.74) is 1.23. The Hall–Kier alpha value is -1.73. The molecule has 0 aliphatic carbocycles. The number of thioether (sulfide) groups is 1. The van der Waals surface area contributed by atoms with Gasteiger partial charge in [-0.15, -0.1) is 0 Å². The van der Waals surface area contributed by atoms with Crippen LogP contribution in [0.5, 0.6) is 0 Å². The Morgan fingerprint density at radius 2 is 1.50 bits per heavy atom. The van der Waals surface area contributed by atoms with Crippen LogP contribution in [0.15, 0.2) is 82.6 Å². The van der Waals surface area contributed by atoms with Crippen molar-refractivity contribution in [3.05, 3.63) is 83.3 Å². The molecule has 0 aliphatic rings. The molecule has 2 aromatic rings. The van der Waals surface area contributed by atoms with Crippen molar-refractivity contribution in [3.63, 3.8) is 0 Å². The lowest BCUT2D eigenvalue weighted by molar-refractivity contribution is 0.816. The molecular weight excluding hydrogens is 260 g/mol. The van der Waals surface area contributed by atoms with E-state index in [0.29, 0.717) is 5.92 Å². The van der Waals surface area contributed by atoms with E-state index < -0.39 is 0 Å². The summed E-state index contributed by atoms with van der Waals surface area (Å²) in [4.78, 5) is 2.67. The molecule has 0 atom stereocenters. The normalized spacial score (nSPS) is 12.2. The Balaban J connectivity index is 2.09. The van der Waals surface area contributed by atoms with Crippen molar-refractivity contribution in [3.8, 4) is 0 Å². The third-order valence-electron chi connectivity index (χ3n) is 2.90. The van der Waals surface area contributed by atoms with Crippen molar-refractivity contribution in [2.45, 2.75) is 18.7 Å². The van der Waals surface area contributed by atoms with Gasteiger partial charge < -0.3 is 0 Å². The molecule has 0 heterocycles. The molecule has 0 N–H and O–H groups in total. The van der Waals surface area contributed by atoms with Gasteiger partial charge in [-0.1, -0.05) is 92.4 Å². The van der Waals surface area contributed by atoms with Crippen LogP contribution in [0.1, 0.15) is 19.4 Å². The highest BCUT2D eigenvalue weighted by molar-refractivity contribution is 8.03. The van der Waals surface area contributed by atoms with Gasteiger partial charge in [-0.3, -0.25) is 0 Å². The molecule has 2 aromatic carbocycles. The van der Waals surface area contributed by atoms with Crippen LogP contribution in [0, 0.1) is 5.92 Å². The Morgan fingerprint density at radius 1 is 0.900 bits per heavy atom. The van der Waals surface area contributed by atoms with Gasteiger partial charge in [0.2, 0.25) is 0 Å². The zero-order valence-corrected chi connectivity index (χ0v) is 12.8. The highest BCUT2D eigenvalue weighted by Gasteiger charge is 2.04. The van der Waals surface area contributed by atoms with Gasteiger partial charge in [-0.05, 0) is 28.5 Å². The molecule has 0 saturated heterocycles. The average molecular weight is 280 g/mol. The van der Waals surface area contributed by atoms with Crippen LogP contribution in [0.3, 0.4) is 0 Å². The topological polar surface area (TPSA) is 0 Å². The van der Waals surface area contributed by atoms with Crippen molar-refractivity contribution in [1.82, 2.24) is 0 Å². The summed E-state index contributed by atoms with van der Waals surface area (Å²) >= 11 is 1.84.